The van der Waals surface area contributed by atoms with Crippen LogP contribution in [0, 0.1) is 0 Å². The Hall–Kier alpha value is -3.69. The van der Waals surface area contributed by atoms with Gasteiger partial charge in [-0.25, -0.2) is 4.79 Å². The molecule has 1 amide bonds. The number of anilines is 1. The maximum atomic E-state index is 12.3. The summed E-state index contributed by atoms with van der Waals surface area (Å²) in [5, 5.41) is 2.63. The molecule has 2 saturated heterocycles. The normalized spacial score (nSPS) is 15.9. The lowest BCUT2D eigenvalue weighted by atomic mass is 10.2. The lowest BCUT2D eigenvalue weighted by Gasteiger charge is -2.20. The highest BCUT2D eigenvalue weighted by Gasteiger charge is 2.20. The first-order chi connectivity index (χ1) is 20.6. The summed E-state index contributed by atoms with van der Waals surface area (Å²) in [5.74, 6) is 0. The van der Waals surface area contributed by atoms with Gasteiger partial charge >= 0.3 is 6.09 Å². The van der Waals surface area contributed by atoms with Gasteiger partial charge in [-0.1, -0.05) is 0 Å². The van der Waals surface area contributed by atoms with Crippen molar-refractivity contribution in [3.63, 3.8) is 0 Å². The minimum atomic E-state index is -0.604. The highest BCUT2D eigenvalue weighted by Crippen LogP contribution is 2.19. The molecule has 6 rings (SSSR count). The van der Waals surface area contributed by atoms with Crippen LogP contribution in [-0.2, 0) is 36.8 Å². The van der Waals surface area contributed by atoms with Gasteiger partial charge in [-0.05, 0) is 61.0 Å². The molecule has 0 bridgehead atoms. The molecule has 2 fully saturated rings. The molecule has 43 heavy (non-hydrogen) atoms. The second kappa shape index (κ2) is 13.3. The molecule has 1 N–H and O–H groups in total. The third-order valence-corrected chi connectivity index (χ3v) is 6.77. The van der Waals surface area contributed by atoms with Crippen molar-refractivity contribution in [2.24, 2.45) is 0 Å². The highest BCUT2D eigenvalue weighted by molar-refractivity contribution is 9.10. The number of carbonyl (C=O) groups is 1. The summed E-state index contributed by atoms with van der Waals surface area (Å²) in [4.78, 5) is 44.7. The second-order valence-electron chi connectivity index (χ2n) is 10.7. The van der Waals surface area contributed by atoms with E-state index in [0.29, 0.717) is 49.7 Å². The van der Waals surface area contributed by atoms with E-state index in [2.05, 4.69) is 31.2 Å². The molecule has 4 aromatic heterocycles. The van der Waals surface area contributed by atoms with Crippen LogP contribution in [0.15, 0.2) is 62.9 Å². The van der Waals surface area contributed by atoms with E-state index >= 15 is 0 Å². The molecule has 14 heteroatoms. The van der Waals surface area contributed by atoms with Gasteiger partial charge in [0.25, 0.3) is 11.1 Å². The molecule has 0 saturated carbocycles. The monoisotopic (exact) mass is 657 g/mol. The van der Waals surface area contributed by atoms with Gasteiger partial charge in [0, 0.05) is 22.8 Å². The van der Waals surface area contributed by atoms with Crippen LogP contribution in [0.1, 0.15) is 20.8 Å². The number of hydrogen-bond acceptors (Lipinski definition) is 10. The summed E-state index contributed by atoms with van der Waals surface area (Å²) in [6.45, 7) is 8.15. The van der Waals surface area contributed by atoms with E-state index in [1.807, 2.05) is 6.07 Å². The molecule has 0 unspecified atom stereocenters. The van der Waals surface area contributed by atoms with Crippen LogP contribution in [0.4, 0.5) is 10.5 Å². The van der Waals surface area contributed by atoms with Crippen LogP contribution >= 0.6 is 15.9 Å². The first-order valence-corrected chi connectivity index (χ1v) is 14.5. The number of rotatable bonds is 5. The third-order valence-electron chi connectivity index (χ3n) is 6.33. The minimum absolute atomic E-state index is 0.0819. The molecule has 0 radical (unpaired) electrons. The molecule has 4 aromatic rings. The van der Waals surface area contributed by atoms with Crippen molar-refractivity contribution in [2.45, 2.75) is 52.0 Å². The quantitative estimate of drug-likeness (QED) is 0.338. The van der Waals surface area contributed by atoms with Crippen LogP contribution < -0.4 is 16.4 Å². The van der Waals surface area contributed by atoms with Crippen LogP contribution in [0.5, 0.6) is 0 Å². The summed E-state index contributed by atoms with van der Waals surface area (Å²) < 4.78 is 30.8. The van der Waals surface area contributed by atoms with Crippen molar-refractivity contribution in [3.05, 3.63) is 74.0 Å². The molecule has 0 aromatic carbocycles. The zero-order chi connectivity index (χ0) is 30.6. The fourth-order valence-electron chi connectivity index (χ4n) is 4.50. The topological polar surface area (TPSA) is 145 Å². The lowest BCUT2D eigenvalue weighted by Crippen LogP contribution is -2.28. The van der Waals surface area contributed by atoms with Gasteiger partial charge in [-0.15, -0.1) is 0 Å². The Kier molecular flexibility index (Phi) is 9.52. The van der Waals surface area contributed by atoms with Crippen LogP contribution in [0.2, 0.25) is 0 Å². The zero-order valence-electron chi connectivity index (χ0n) is 23.9. The van der Waals surface area contributed by atoms with E-state index < -0.39 is 18.0 Å². The Morgan fingerprint density at radius 1 is 0.860 bits per heavy atom. The van der Waals surface area contributed by atoms with E-state index in [0.717, 1.165) is 15.5 Å². The Morgan fingerprint density at radius 3 is 1.86 bits per heavy atom. The predicted octanol–water partition coefficient (Wildman–Crippen LogP) is 3.65. The fourth-order valence-corrected chi connectivity index (χ4v) is 4.82. The van der Waals surface area contributed by atoms with Crippen LogP contribution in [-0.4, -0.2) is 69.8 Å². The molecule has 13 nitrogen and oxygen atoms in total. The first kappa shape index (κ1) is 30.8. The number of amides is 1. The van der Waals surface area contributed by atoms with Gasteiger partial charge in [-0.3, -0.25) is 24.9 Å². The number of pyridine rings is 4. The Balaban J connectivity index is 0.000000180. The first-order valence-electron chi connectivity index (χ1n) is 13.7. The molecular weight excluding hydrogens is 626 g/mol. The number of hydrogen-bond donors (Lipinski definition) is 1. The number of carbonyl (C=O) groups excluding carboxylic acids is 1. The van der Waals surface area contributed by atoms with Crippen LogP contribution in [0.25, 0.3) is 22.1 Å². The van der Waals surface area contributed by atoms with Crippen molar-refractivity contribution in [1.29, 1.82) is 0 Å². The van der Waals surface area contributed by atoms with E-state index in [-0.39, 0.29) is 24.0 Å². The minimum Gasteiger partial charge on any atom is -0.444 e. The van der Waals surface area contributed by atoms with Crippen LogP contribution in [0.3, 0.4) is 0 Å². The number of nitrogens with zero attached hydrogens (tertiary/aromatic N) is 4. The molecule has 228 valence electrons. The molecular formula is C29H32BrN5O8. The average molecular weight is 659 g/mol. The van der Waals surface area contributed by atoms with Crippen molar-refractivity contribution in [2.75, 3.05) is 31.7 Å². The molecule has 0 atom stereocenters. The lowest BCUT2D eigenvalue weighted by molar-refractivity contribution is -0.0525. The Labute approximate surface area is 254 Å². The van der Waals surface area contributed by atoms with Gasteiger partial charge in [0.05, 0.1) is 73.5 Å². The summed E-state index contributed by atoms with van der Waals surface area (Å²) in [6.07, 6.45) is 1.82. The van der Waals surface area contributed by atoms with Crippen molar-refractivity contribution >= 4 is 49.8 Å². The third kappa shape index (κ3) is 8.03. The van der Waals surface area contributed by atoms with Gasteiger partial charge in [0.15, 0.2) is 12.6 Å². The van der Waals surface area contributed by atoms with Gasteiger partial charge in [0.2, 0.25) is 0 Å². The molecule has 0 spiro atoms. The highest BCUT2D eigenvalue weighted by atomic mass is 79.9. The number of halogens is 1. The smallest absolute Gasteiger partial charge is 0.412 e. The number of ether oxygens (including phenoxy) is 5. The maximum absolute atomic E-state index is 12.3. The van der Waals surface area contributed by atoms with E-state index in [1.165, 1.54) is 22.9 Å². The fraction of sp³-hybridized carbons (Fsp3) is 0.414. The summed E-state index contributed by atoms with van der Waals surface area (Å²) in [7, 11) is 0. The zero-order valence-corrected chi connectivity index (χ0v) is 25.5. The Morgan fingerprint density at radius 2 is 1.35 bits per heavy atom. The van der Waals surface area contributed by atoms with E-state index in [9.17, 15) is 14.4 Å². The van der Waals surface area contributed by atoms with E-state index in [1.54, 1.807) is 49.7 Å². The number of aromatic nitrogens is 4. The SMILES string of the molecule is CC(C)(C)OC(=O)Nc1cnc2ccc(=O)n(CC3OCCO3)c2c1.O=c1ccc2ncc(Br)cc2n1CC1OCCO1. The predicted molar refractivity (Wildman–Crippen MR) is 161 cm³/mol. The van der Waals surface area contributed by atoms with Crippen molar-refractivity contribution < 1.29 is 28.5 Å². The van der Waals surface area contributed by atoms with Gasteiger partial charge in [-0.2, -0.15) is 0 Å². The summed E-state index contributed by atoms with van der Waals surface area (Å²) in [5.41, 5.74) is 2.33. The largest absolute Gasteiger partial charge is 0.444 e. The molecule has 0 aliphatic carbocycles. The van der Waals surface area contributed by atoms with Gasteiger partial charge in [0.1, 0.15) is 5.60 Å². The summed E-state index contributed by atoms with van der Waals surface area (Å²) in [6, 6.07) is 9.88. The number of fused-ring (bicyclic) bond motifs is 2. The summed E-state index contributed by atoms with van der Waals surface area (Å²) >= 11 is 3.36. The van der Waals surface area contributed by atoms with Gasteiger partial charge < -0.3 is 32.8 Å². The standard InChI is InChI=1S/C17H21N3O5.C12H11BrN2O3/c1-17(2,3)25-16(22)19-11-8-13-12(18-9-11)4-5-14(21)20(13)10-15-23-6-7-24-15;13-8-5-10-9(14-6-8)1-2-11(16)15(10)7-12-17-3-4-18-12/h4-5,8-9,15H,6-7,10H2,1-3H3,(H,19,22);1-2,5-6,12H,3-4,7H2. The Bertz CT molecular complexity index is 1720. The van der Waals surface area contributed by atoms with Crippen molar-refractivity contribution in [1.82, 2.24) is 19.1 Å². The maximum Gasteiger partial charge on any atom is 0.412 e. The van der Waals surface area contributed by atoms with E-state index in [4.69, 9.17) is 23.7 Å². The molecule has 2 aliphatic heterocycles. The molecule has 2 aliphatic rings. The molecule has 6 heterocycles. The number of nitrogens with one attached hydrogen (secondary N) is 1. The van der Waals surface area contributed by atoms with Crippen molar-refractivity contribution in [3.8, 4) is 0 Å². The average Bonchev–Trinajstić information content (AvgIpc) is 3.66. The second-order valence-corrected chi connectivity index (χ2v) is 11.6.